The van der Waals surface area contributed by atoms with Crippen LogP contribution >= 0.6 is 0 Å². The average Bonchev–Trinajstić information content (AvgIpc) is 3.09. The number of fused-ring (bicyclic) bond motifs is 5. The Hall–Kier alpha value is -2.56. The number of aromatic nitrogens is 1. The number of H-pyrrole nitrogens is 1. The molecule has 1 aliphatic rings. The summed E-state index contributed by atoms with van der Waals surface area (Å²) in [5, 5.41) is 2.06. The molecule has 2 aromatic carbocycles. The second-order valence-electron chi connectivity index (χ2n) is 4.60. The summed E-state index contributed by atoms with van der Waals surface area (Å²) in [6.45, 7) is 0.254. The minimum Gasteiger partial charge on any atom is -0.497 e. The molecule has 4 rings (SSSR count). The predicted octanol–water partition coefficient (Wildman–Crippen LogP) is 3.07. The van der Waals surface area contributed by atoms with Gasteiger partial charge >= 0.3 is 0 Å². The SMILES string of the molecule is COc1cc(OC)c2c(c1)[nH]c1c3c(ccc12)OCO3. The van der Waals surface area contributed by atoms with Gasteiger partial charge in [-0.3, -0.25) is 0 Å². The van der Waals surface area contributed by atoms with Gasteiger partial charge in [0.25, 0.3) is 0 Å². The monoisotopic (exact) mass is 271 g/mol. The molecule has 1 aromatic heterocycles. The molecule has 2 heterocycles. The van der Waals surface area contributed by atoms with Crippen molar-refractivity contribution in [3.05, 3.63) is 24.3 Å². The van der Waals surface area contributed by atoms with Crippen LogP contribution in [0.25, 0.3) is 21.8 Å². The van der Waals surface area contributed by atoms with Crippen molar-refractivity contribution in [3.8, 4) is 23.0 Å². The highest BCUT2D eigenvalue weighted by atomic mass is 16.7. The lowest BCUT2D eigenvalue weighted by atomic mass is 10.1. The number of ether oxygens (including phenoxy) is 4. The first-order valence-electron chi connectivity index (χ1n) is 6.28. The Morgan fingerprint density at radius 2 is 2.00 bits per heavy atom. The largest absolute Gasteiger partial charge is 0.497 e. The van der Waals surface area contributed by atoms with Gasteiger partial charge in [0.1, 0.15) is 11.5 Å². The minimum absolute atomic E-state index is 0.254. The number of hydrogen-bond donors (Lipinski definition) is 1. The molecule has 0 unspecified atom stereocenters. The molecule has 0 bridgehead atoms. The normalized spacial score (nSPS) is 13.1. The van der Waals surface area contributed by atoms with Crippen LogP contribution in [0.2, 0.25) is 0 Å². The first-order chi connectivity index (χ1) is 9.81. The fraction of sp³-hybridized carbons (Fsp3) is 0.200. The lowest BCUT2D eigenvalue weighted by molar-refractivity contribution is 0.174. The van der Waals surface area contributed by atoms with Crippen LogP contribution in [0.4, 0.5) is 0 Å². The molecule has 0 radical (unpaired) electrons. The van der Waals surface area contributed by atoms with Gasteiger partial charge in [-0.05, 0) is 12.1 Å². The highest BCUT2D eigenvalue weighted by molar-refractivity contribution is 6.13. The molecule has 20 heavy (non-hydrogen) atoms. The smallest absolute Gasteiger partial charge is 0.231 e. The molecular formula is C15H13NO4. The summed E-state index contributed by atoms with van der Waals surface area (Å²) < 4.78 is 21.7. The fourth-order valence-corrected chi connectivity index (χ4v) is 2.68. The molecule has 5 nitrogen and oxygen atoms in total. The average molecular weight is 271 g/mol. The van der Waals surface area contributed by atoms with Crippen molar-refractivity contribution in [3.63, 3.8) is 0 Å². The number of rotatable bonds is 2. The summed E-state index contributed by atoms with van der Waals surface area (Å²) in [6.07, 6.45) is 0. The van der Waals surface area contributed by atoms with Crippen molar-refractivity contribution < 1.29 is 18.9 Å². The summed E-state index contributed by atoms with van der Waals surface area (Å²) in [5.74, 6) is 3.02. The highest BCUT2D eigenvalue weighted by Gasteiger charge is 2.21. The molecule has 3 aromatic rings. The zero-order chi connectivity index (χ0) is 13.7. The standard InChI is InChI=1S/C15H13NO4/c1-17-8-5-10-13(12(6-8)18-2)9-3-4-11-15(14(9)16-10)20-7-19-11/h3-6,16H,7H2,1-2H3. The van der Waals surface area contributed by atoms with Gasteiger partial charge < -0.3 is 23.9 Å². The van der Waals surface area contributed by atoms with E-state index in [1.165, 1.54) is 0 Å². The maximum absolute atomic E-state index is 5.55. The molecule has 1 N–H and O–H groups in total. The van der Waals surface area contributed by atoms with E-state index < -0.39 is 0 Å². The summed E-state index contributed by atoms with van der Waals surface area (Å²) in [5.41, 5.74) is 1.86. The molecule has 0 atom stereocenters. The summed E-state index contributed by atoms with van der Waals surface area (Å²) in [6, 6.07) is 7.75. The molecule has 102 valence electrons. The van der Waals surface area contributed by atoms with E-state index in [2.05, 4.69) is 4.98 Å². The third-order valence-corrected chi connectivity index (χ3v) is 3.60. The molecule has 0 fully saturated rings. The number of aromatic amines is 1. The highest BCUT2D eigenvalue weighted by Crippen LogP contribution is 2.44. The molecule has 0 saturated heterocycles. The molecule has 0 spiro atoms. The Morgan fingerprint density at radius 3 is 2.80 bits per heavy atom. The van der Waals surface area contributed by atoms with E-state index in [1.807, 2.05) is 24.3 Å². The molecule has 0 aliphatic carbocycles. The van der Waals surface area contributed by atoms with Crippen LogP contribution in [-0.2, 0) is 0 Å². The Kier molecular flexibility index (Phi) is 2.24. The van der Waals surface area contributed by atoms with Gasteiger partial charge in [-0.15, -0.1) is 0 Å². The molecule has 5 heteroatoms. The first kappa shape index (κ1) is 11.3. The lowest BCUT2D eigenvalue weighted by Crippen LogP contribution is -1.93. The third kappa shape index (κ3) is 1.37. The molecule has 0 amide bonds. The number of methoxy groups -OCH3 is 2. The van der Waals surface area contributed by atoms with Crippen molar-refractivity contribution in [2.75, 3.05) is 21.0 Å². The second-order valence-corrected chi connectivity index (χ2v) is 4.60. The maximum Gasteiger partial charge on any atom is 0.231 e. The van der Waals surface area contributed by atoms with E-state index in [4.69, 9.17) is 18.9 Å². The predicted molar refractivity (Wildman–Crippen MR) is 75.0 cm³/mol. The van der Waals surface area contributed by atoms with E-state index in [1.54, 1.807) is 14.2 Å². The number of hydrogen-bond acceptors (Lipinski definition) is 4. The quantitative estimate of drug-likeness (QED) is 0.778. The Labute approximate surface area is 115 Å². The van der Waals surface area contributed by atoms with Crippen molar-refractivity contribution >= 4 is 21.8 Å². The van der Waals surface area contributed by atoms with Gasteiger partial charge in [-0.25, -0.2) is 0 Å². The topological polar surface area (TPSA) is 52.7 Å². The Bertz CT molecular complexity index is 822. The lowest BCUT2D eigenvalue weighted by Gasteiger charge is -2.05. The fourth-order valence-electron chi connectivity index (χ4n) is 2.68. The van der Waals surface area contributed by atoms with Gasteiger partial charge in [0.05, 0.1) is 25.3 Å². The van der Waals surface area contributed by atoms with Gasteiger partial charge in [0.15, 0.2) is 11.5 Å². The van der Waals surface area contributed by atoms with E-state index in [0.29, 0.717) is 0 Å². The van der Waals surface area contributed by atoms with Crippen LogP contribution in [0.15, 0.2) is 24.3 Å². The van der Waals surface area contributed by atoms with E-state index >= 15 is 0 Å². The van der Waals surface area contributed by atoms with Crippen LogP contribution in [0.3, 0.4) is 0 Å². The Balaban J connectivity index is 2.14. The minimum atomic E-state index is 0.254. The third-order valence-electron chi connectivity index (χ3n) is 3.60. The van der Waals surface area contributed by atoms with Crippen molar-refractivity contribution in [1.82, 2.24) is 4.98 Å². The van der Waals surface area contributed by atoms with E-state index in [9.17, 15) is 0 Å². The molecule has 0 saturated carbocycles. The van der Waals surface area contributed by atoms with Crippen molar-refractivity contribution in [2.24, 2.45) is 0 Å². The Morgan fingerprint density at radius 1 is 1.10 bits per heavy atom. The van der Waals surface area contributed by atoms with Gasteiger partial charge in [0.2, 0.25) is 6.79 Å². The van der Waals surface area contributed by atoms with Crippen LogP contribution in [0.1, 0.15) is 0 Å². The molecular weight excluding hydrogens is 258 g/mol. The van der Waals surface area contributed by atoms with Crippen LogP contribution in [0, 0.1) is 0 Å². The first-order valence-corrected chi connectivity index (χ1v) is 6.28. The molecule has 1 aliphatic heterocycles. The van der Waals surface area contributed by atoms with Crippen molar-refractivity contribution in [2.45, 2.75) is 0 Å². The zero-order valence-electron chi connectivity index (χ0n) is 11.1. The van der Waals surface area contributed by atoms with Crippen LogP contribution < -0.4 is 18.9 Å². The summed E-state index contributed by atoms with van der Waals surface area (Å²) >= 11 is 0. The van der Waals surface area contributed by atoms with Crippen molar-refractivity contribution in [1.29, 1.82) is 0 Å². The van der Waals surface area contributed by atoms with E-state index in [-0.39, 0.29) is 6.79 Å². The zero-order valence-corrected chi connectivity index (χ0v) is 11.1. The summed E-state index contributed by atoms with van der Waals surface area (Å²) in [7, 11) is 3.29. The maximum atomic E-state index is 5.55. The van der Waals surface area contributed by atoms with Crippen LogP contribution in [0.5, 0.6) is 23.0 Å². The van der Waals surface area contributed by atoms with Crippen LogP contribution in [-0.4, -0.2) is 26.0 Å². The van der Waals surface area contributed by atoms with Gasteiger partial charge in [0, 0.05) is 22.9 Å². The second kappa shape index (κ2) is 3.96. The van der Waals surface area contributed by atoms with Gasteiger partial charge in [-0.1, -0.05) is 0 Å². The van der Waals surface area contributed by atoms with E-state index in [0.717, 1.165) is 44.8 Å². The summed E-state index contributed by atoms with van der Waals surface area (Å²) in [4.78, 5) is 3.36. The number of benzene rings is 2. The van der Waals surface area contributed by atoms with Gasteiger partial charge in [-0.2, -0.15) is 0 Å². The number of nitrogens with one attached hydrogen (secondary N) is 1.